The van der Waals surface area contributed by atoms with Crippen molar-refractivity contribution >= 4 is 32.4 Å². The minimum atomic E-state index is -1.31. The molecule has 18 heavy (non-hydrogen) atoms. The summed E-state index contributed by atoms with van der Waals surface area (Å²) < 4.78 is 26.3. The number of hydrogen-bond acceptors (Lipinski definition) is 2. The first-order valence-corrected chi connectivity index (χ1v) is 7.36. The number of anilines is 1. The summed E-state index contributed by atoms with van der Waals surface area (Å²) in [5.74, 6) is -0.188. The van der Waals surface area contributed by atoms with Crippen LogP contribution >= 0.6 is 15.9 Å². The lowest BCUT2D eigenvalue weighted by Gasteiger charge is -2.06. The maximum atomic E-state index is 13.5. The third-order valence-electron chi connectivity index (χ3n) is 2.45. The van der Waals surface area contributed by atoms with Crippen LogP contribution in [0.5, 0.6) is 0 Å². The summed E-state index contributed by atoms with van der Waals surface area (Å²) in [6.07, 6.45) is 0. The zero-order valence-electron chi connectivity index (χ0n) is 9.40. The number of halogens is 2. The van der Waals surface area contributed by atoms with Crippen LogP contribution in [0.3, 0.4) is 0 Å². The van der Waals surface area contributed by atoms with Crippen LogP contribution in [0.2, 0.25) is 0 Å². The van der Waals surface area contributed by atoms with Gasteiger partial charge in [0.05, 0.1) is 21.4 Å². The molecule has 0 heterocycles. The molecule has 2 rings (SSSR count). The molecule has 2 aromatic rings. The average Bonchev–Trinajstić information content (AvgIpc) is 2.32. The van der Waals surface area contributed by atoms with Gasteiger partial charge >= 0.3 is 0 Å². The molecule has 1 unspecified atom stereocenters. The second-order valence-electron chi connectivity index (χ2n) is 3.77. The summed E-state index contributed by atoms with van der Waals surface area (Å²) in [5, 5.41) is 0. The van der Waals surface area contributed by atoms with Crippen molar-refractivity contribution in [2.75, 3.05) is 5.73 Å². The zero-order chi connectivity index (χ0) is 13.1. The molecule has 0 aliphatic rings. The molecule has 0 saturated carbocycles. The van der Waals surface area contributed by atoms with Crippen LogP contribution in [0.25, 0.3) is 0 Å². The Morgan fingerprint density at radius 2 is 1.94 bits per heavy atom. The highest BCUT2D eigenvalue weighted by atomic mass is 79.9. The van der Waals surface area contributed by atoms with E-state index < -0.39 is 10.8 Å². The Kier molecular flexibility index (Phi) is 4.14. The zero-order valence-corrected chi connectivity index (χ0v) is 11.8. The van der Waals surface area contributed by atoms with Crippen LogP contribution in [0.1, 0.15) is 5.56 Å². The predicted octanol–water partition coefficient (Wildman–Crippen LogP) is 3.48. The van der Waals surface area contributed by atoms with Gasteiger partial charge in [-0.05, 0) is 40.2 Å². The molecule has 2 nitrogen and oxygen atoms in total. The van der Waals surface area contributed by atoms with Gasteiger partial charge in [-0.3, -0.25) is 4.21 Å². The molecule has 0 amide bonds. The first-order chi connectivity index (χ1) is 8.58. The molecule has 94 valence electrons. The molecule has 1 atom stereocenters. The van der Waals surface area contributed by atoms with Gasteiger partial charge in [-0.15, -0.1) is 0 Å². The number of hydrogen-bond donors (Lipinski definition) is 1. The smallest absolute Gasteiger partial charge is 0.127 e. The summed E-state index contributed by atoms with van der Waals surface area (Å²) in [5.41, 5.74) is 6.65. The van der Waals surface area contributed by atoms with Crippen LogP contribution < -0.4 is 5.73 Å². The molecule has 5 heteroatoms. The fourth-order valence-electron chi connectivity index (χ4n) is 1.54. The summed E-state index contributed by atoms with van der Waals surface area (Å²) in [6.45, 7) is 0. The van der Waals surface area contributed by atoms with Crippen LogP contribution in [-0.4, -0.2) is 4.21 Å². The second kappa shape index (κ2) is 5.63. The minimum Gasteiger partial charge on any atom is -0.399 e. The average molecular weight is 328 g/mol. The van der Waals surface area contributed by atoms with E-state index in [1.54, 1.807) is 36.4 Å². The lowest BCUT2D eigenvalue weighted by molar-refractivity contribution is 0.615. The van der Waals surface area contributed by atoms with Crippen LogP contribution in [-0.2, 0) is 16.6 Å². The molecule has 0 bridgehead atoms. The van der Waals surface area contributed by atoms with Gasteiger partial charge in [-0.25, -0.2) is 4.39 Å². The lowest BCUT2D eigenvalue weighted by Crippen LogP contribution is -2.00. The molecular weight excluding hydrogens is 317 g/mol. The Hall–Kier alpha value is -1.20. The third kappa shape index (κ3) is 2.97. The Labute approximate surface area is 116 Å². The molecule has 0 fully saturated rings. The van der Waals surface area contributed by atoms with Crippen LogP contribution in [0.15, 0.2) is 51.8 Å². The quantitative estimate of drug-likeness (QED) is 0.877. The Bertz CT molecular complexity index is 603. The molecular formula is C13H11BrFNOS. The van der Waals surface area contributed by atoms with E-state index >= 15 is 0 Å². The largest absolute Gasteiger partial charge is 0.399 e. The Morgan fingerprint density at radius 1 is 1.22 bits per heavy atom. The van der Waals surface area contributed by atoms with E-state index in [2.05, 4.69) is 15.9 Å². The summed E-state index contributed by atoms with van der Waals surface area (Å²) in [4.78, 5) is 0.618. The van der Waals surface area contributed by atoms with Gasteiger partial charge in [0.1, 0.15) is 5.82 Å². The van der Waals surface area contributed by atoms with Crippen molar-refractivity contribution in [1.82, 2.24) is 0 Å². The van der Waals surface area contributed by atoms with E-state index in [-0.39, 0.29) is 11.6 Å². The third-order valence-corrected chi connectivity index (χ3v) is 4.78. The standard InChI is InChI=1S/C13H11BrFNOS/c14-11-7-10(16)5-6-13(11)18(17)8-9-3-1-2-4-12(9)15/h1-7H,8,16H2. The SMILES string of the molecule is Nc1ccc(S(=O)Cc2ccccc2F)c(Br)c1. The molecule has 0 aliphatic heterocycles. The molecule has 0 aromatic heterocycles. The minimum absolute atomic E-state index is 0.148. The van der Waals surface area contributed by atoms with Gasteiger partial charge in [0, 0.05) is 15.7 Å². The van der Waals surface area contributed by atoms with E-state index in [1.807, 2.05) is 0 Å². The van der Waals surface area contributed by atoms with Gasteiger partial charge in [0.2, 0.25) is 0 Å². The van der Waals surface area contributed by atoms with E-state index in [9.17, 15) is 8.60 Å². The Morgan fingerprint density at radius 3 is 2.61 bits per heavy atom. The van der Waals surface area contributed by atoms with Gasteiger partial charge in [-0.2, -0.15) is 0 Å². The van der Waals surface area contributed by atoms with E-state index in [0.29, 0.717) is 20.6 Å². The van der Waals surface area contributed by atoms with Crippen molar-refractivity contribution in [3.05, 3.63) is 58.3 Å². The van der Waals surface area contributed by atoms with Crippen molar-refractivity contribution in [2.45, 2.75) is 10.6 Å². The molecule has 2 N–H and O–H groups in total. The van der Waals surface area contributed by atoms with Crippen molar-refractivity contribution in [1.29, 1.82) is 0 Å². The Balaban J connectivity index is 2.25. The number of nitrogen functional groups attached to an aromatic ring is 1. The molecule has 0 radical (unpaired) electrons. The highest BCUT2D eigenvalue weighted by molar-refractivity contribution is 9.10. The predicted molar refractivity (Wildman–Crippen MR) is 75.1 cm³/mol. The fourth-order valence-corrected chi connectivity index (χ4v) is 3.64. The molecule has 0 spiro atoms. The van der Waals surface area contributed by atoms with Crippen molar-refractivity contribution in [2.24, 2.45) is 0 Å². The van der Waals surface area contributed by atoms with Gasteiger partial charge in [0.15, 0.2) is 0 Å². The normalized spacial score (nSPS) is 12.3. The van der Waals surface area contributed by atoms with Gasteiger partial charge < -0.3 is 5.73 Å². The van der Waals surface area contributed by atoms with Gasteiger partial charge in [0.25, 0.3) is 0 Å². The van der Waals surface area contributed by atoms with Crippen molar-refractivity contribution in [3.8, 4) is 0 Å². The van der Waals surface area contributed by atoms with E-state index in [0.717, 1.165) is 0 Å². The topological polar surface area (TPSA) is 43.1 Å². The van der Waals surface area contributed by atoms with Crippen molar-refractivity contribution in [3.63, 3.8) is 0 Å². The fraction of sp³-hybridized carbons (Fsp3) is 0.0769. The lowest BCUT2D eigenvalue weighted by atomic mass is 10.2. The van der Waals surface area contributed by atoms with E-state index in [4.69, 9.17) is 5.73 Å². The first-order valence-electron chi connectivity index (χ1n) is 5.25. The van der Waals surface area contributed by atoms with Crippen LogP contribution in [0.4, 0.5) is 10.1 Å². The first kappa shape index (κ1) is 13.2. The summed E-state index contributed by atoms with van der Waals surface area (Å²) in [6, 6.07) is 11.4. The molecule has 0 saturated heterocycles. The monoisotopic (exact) mass is 327 g/mol. The molecule has 0 aliphatic carbocycles. The second-order valence-corrected chi connectivity index (χ2v) is 6.05. The molecule has 2 aromatic carbocycles. The summed E-state index contributed by atoms with van der Waals surface area (Å²) >= 11 is 3.31. The number of nitrogens with two attached hydrogens (primary N) is 1. The maximum Gasteiger partial charge on any atom is 0.127 e. The van der Waals surface area contributed by atoms with E-state index in [1.165, 1.54) is 6.07 Å². The van der Waals surface area contributed by atoms with Crippen LogP contribution in [0, 0.1) is 5.82 Å². The van der Waals surface area contributed by atoms with Gasteiger partial charge in [-0.1, -0.05) is 18.2 Å². The number of benzene rings is 2. The highest BCUT2D eigenvalue weighted by Gasteiger charge is 2.11. The highest BCUT2D eigenvalue weighted by Crippen LogP contribution is 2.25. The maximum absolute atomic E-state index is 13.5. The summed E-state index contributed by atoms with van der Waals surface area (Å²) in [7, 11) is -1.31. The van der Waals surface area contributed by atoms with Crippen molar-refractivity contribution < 1.29 is 8.60 Å². The number of rotatable bonds is 3.